The summed E-state index contributed by atoms with van der Waals surface area (Å²) >= 11 is 0. The van der Waals surface area contributed by atoms with Gasteiger partial charge in [-0.3, -0.25) is 19.7 Å². The molecule has 3 N–H and O–H groups in total. The van der Waals surface area contributed by atoms with E-state index in [1.165, 1.54) is 25.2 Å². The molecule has 5 aliphatic rings. The van der Waals surface area contributed by atoms with E-state index in [4.69, 9.17) is 5.73 Å². The molecule has 2 amide bonds. The smallest absolute Gasteiger partial charge is 0.289 e. The Bertz CT molecular complexity index is 1160. The number of nitrogens with one attached hydrogen (secondary N) is 1. The first-order chi connectivity index (χ1) is 15.9. The number of likely N-dealkylation sites (N-methyl/N-ethyl adjacent to an activating group) is 1. The molecule has 4 bridgehead atoms. The Morgan fingerprint density at radius 3 is 2.29 bits per heavy atom. The third-order valence-corrected chi connectivity index (χ3v) is 10.8. The summed E-state index contributed by atoms with van der Waals surface area (Å²) in [6.07, 6.45) is 5.91. The second-order valence-corrected chi connectivity index (χ2v) is 12.9. The lowest BCUT2D eigenvalue weighted by atomic mass is 9.46. The van der Waals surface area contributed by atoms with Crippen LogP contribution in [0.3, 0.4) is 0 Å². The highest BCUT2D eigenvalue weighted by molar-refractivity contribution is 7.89. The molecule has 5 saturated carbocycles. The lowest BCUT2D eigenvalue weighted by molar-refractivity contribution is -0.387. The Kier molecular flexibility index (Phi) is 5.11. The molecule has 0 radical (unpaired) electrons. The molecule has 184 valence electrons. The van der Waals surface area contributed by atoms with Crippen LogP contribution in [0, 0.1) is 27.4 Å². The third-order valence-electron chi connectivity index (χ3n) is 8.87. The van der Waals surface area contributed by atoms with E-state index in [1.54, 1.807) is 0 Å². The SMILES string of the molecule is CN(C1(C(=O)NC23CC4CC(C2)CC(C(N)=O)(C4)C3)CCC1)S(=O)(=O)c1ccccc1[N+](=O)[O-]. The number of hydrogen-bond acceptors (Lipinski definition) is 6. The van der Waals surface area contributed by atoms with Crippen LogP contribution in [0.2, 0.25) is 0 Å². The molecular formula is C23H30N4O6S. The second kappa shape index (κ2) is 7.48. The van der Waals surface area contributed by atoms with E-state index in [-0.39, 0.29) is 11.8 Å². The molecule has 0 heterocycles. The van der Waals surface area contributed by atoms with Crippen molar-refractivity contribution in [3.05, 3.63) is 34.4 Å². The van der Waals surface area contributed by atoms with Crippen LogP contribution in [0.1, 0.15) is 57.8 Å². The number of sulfonamides is 1. The molecule has 1 aromatic carbocycles. The summed E-state index contributed by atoms with van der Waals surface area (Å²) in [5.74, 6) is -0.0562. The molecule has 34 heavy (non-hydrogen) atoms. The van der Waals surface area contributed by atoms with E-state index < -0.39 is 42.0 Å². The molecule has 0 aliphatic heterocycles. The van der Waals surface area contributed by atoms with Crippen molar-refractivity contribution in [3.63, 3.8) is 0 Å². The van der Waals surface area contributed by atoms with Crippen molar-refractivity contribution in [2.75, 3.05) is 7.05 Å². The van der Waals surface area contributed by atoms with E-state index in [0.29, 0.717) is 37.5 Å². The van der Waals surface area contributed by atoms with E-state index >= 15 is 0 Å². The number of amides is 2. The number of nitrogens with zero attached hydrogens (tertiary/aromatic N) is 2. The number of para-hydroxylation sites is 1. The van der Waals surface area contributed by atoms with Gasteiger partial charge in [0.15, 0.2) is 4.90 Å². The monoisotopic (exact) mass is 490 g/mol. The summed E-state index contributed by atoms with van der Waals surface area (Å²) in [7, 11) is -2.98. The van der Waals surface area contributed by atoms with Crippen molar-refractivity contribution in [3.8, 4) is 0 Å². The Morgan fingerprint density at radius 1 is 1.15 bits per heavy atom. The van der Waals surface area contributed by atoms with Crippen LogP contribution in [-0.4, -0.2) is 47.6 Å². The molecule has 0 spiro atoms. The average molecular weight is 491 g/mol. The fourth-order valence-corrected chi connectivity index (χ4v) is 9.13. The van der Waals surface area contributed by atoms with Crippen LogP contribution in [0.4, 0.5) is 5.69 Å². The summed E-state index contributed by atoms with van der Waals surface area (Å²) in [4.78, 5) is 36.5. The molecule has 1 aromatic rings. The number of carbonyl (C=O) groups excluding carboxylic acids is 2. The average Bonchev–Trinajstić information content (AvgIpc) is 2.71. The van der Waals surface area contributed by atoms with Gasteiger partial charge in [0.05, 0.1) is 10.3 Å². The van der Waals surface area contributed by atoms with Crippen molar-refractivity contribution in [1.29, 1.82) is 0 Å². The van der Waals surface area contributed by atoms with Crippen molar-refractivity contribution in [1.82, 2.24) is 9.62 Å². The summed E-state index contributed by atoms with van der Waals surface area (Å²) in [5, 5.41) is 14.7. The van der Waals surface area contributed by atoms with E-state index in [9.17, 15) is 28.1 Å². The molecule has 2 unspecified atom stereocenters. The van der Waals surface area contributed by atoms with E-state index in [2.05, 4.69) is 5.32 Å². The molecule has 0 saturated heterocycles. The number of benzene rings is 1. The van der Waals surface area contributed by atoms with Gasteiger partial charge in [-0.25, -0.2) is 8.42 Å². The molecule has 5 aliphatic carbocycles. The quantitative estimate of drug-likeness (QED) is 0.441. The highest BCUT2D eigenvalue weighted by Gasteiger charge is 2.62. The van der Waals surface area contributed by atoms with Gasteiger partial charge in [0.2, 0.25) is 11.8 Å². The fraction of sp³-hybridized carbons (Fsp3) is 0.652. The van der Waals surface area contributed by atoms with Gasteiger partial charge in [-0.05, 0) is 75.7 Å². The minimum Gasteiger partial charge on any atom is -0.369 e. The maximum Gasteiger partial charge on any atom is 0.289 e. The number of primary amides is 1. The number of rotatable bonds is 7. The van der Waals surface area contributed by atoms with Crippen LogP contribution >= 0.6 is 0 Å². The van der Waals surface area contributed by atoms with Crippen LogP contribution in [-0.2, 0) is 19.6 Å². The van der Waals surface area contributed by atoms with Crippen molar-refractivity contribution in [2.24, 2.45) is 23.0 Å². The molecular weight excluding hydrogens is 460 g/mol. The Balaban J connectivity index is 1.45. The van der Waals surface area contributed by atoms with Gasteiger partial charge in [-0.1, -0.05) is 12.1 Å². The Hall–Kier alpha value is -2.53. The van der Waals surface area contributed by atoms with Crippen LogP contribution in [0.25, 0.3) is 0 Å². The molecule has 10 nitrogen and oxygen atoms in total. The fourth-order valence-electron chi connectivity index (χ4n) is 7.45. The molecule has 6 rings (SSSR count). The minimum absolute atomic E-state index is 0.310. The molecule has 5 fully saturated rings. The van der Waals surface area contributed by atoms with Crippen molar-refractivity contribution < 1.29 is 22.9 Å². The van der Waals surface area contributed by atoms with Gasteiger partial charge in [-0.2, -0.15) is 4.31 Å². The highest BCUT2D eigenvalue weighted by Crippen LogP contribution is 2.61. The zero-order valence-corrected chi connectivity index (χ0v) is 20.0. The van der Waals surface area contributed by atoms with Gasteiger partial charge in [0.1, 0.15) is 5.54 Å². The van der Waals surface area contributed by atoms with Gasteiger partial charge >= 0.3 is 0 Å². The van der Waals surface area contributed by atoms with Crippen molar-refractivity contribution >= 4 is 27.5 Å². The summed E-state index contributed by atoms with van der Waals surface area (Å²) in [6.45, 7) is 0. The second-order valence-electron chi connectivity index (χ2n) is 10.9. The lowest BCUT2D eigenvalue weighted by Gasteiger charge is -2.61. The van der Waals surface area contributed by atoms with E-state index in [1.807, 2.05) is 0 Å². The molecule has 11 heteroatoms. The van der Waals surface area contributed by atoms with E-state index in [0.717, 1.165) is 42.5 Å². The molecule has 0 aromatic heterocycles. The number of nitrogens with two attached hydrogens (primary N) is 1. The normalized spacial score (nSPS) is 33.4. The third kappa shape index (κ3) is 3.27. The predicted molar refractivity (Wildman–Crippen MR) is 122 cm³/mol. The first-order valence-corrected chi connectivity index (χ1v) is 13.2. The summed E-state index contributed by atoms with van der Waals surface area (Å²) in [6, 6.07) is 5.18. The predicted octanol–water partition coefficient (Wildman–Crippen LogP) is 2.08. The summed E-state index contributed by atoms with van der Waals surface area (Å²) < 4.78 is 28.0. The lowest BCUT2D eigenvalue weighted by Crippen LogP contribution is -2.71. The minimum atomic E-state index is -4.31. The Morgan fingerprint density at radius 2 is 1.76 bits per heavy atom. The number of hydrogen-bond donors (Lipinski definition) is 2. The number of carbonyl (C=O) groups is 2. The zero-order valence-electron chi connectivity index (χ0n) is 19.2. The number of nitro groups is 1. The molecule has 2 atom stereocenters. The standard InChI is InChI=1S/C23H30N4O6S/c1-26(34(32,33)18-6-3-2-5-17(18)27(30)31)23(7-4-8-23)20(29)25-22-12-15-9-16(13-22)11-21(10-15,14-22)19(24)28/h2-3,5-6,15-16H,4,7-14H2,1H3,(H2,24,28)(H,25,29). The Labute approximate surface area is 198 Å². The number of nitro benzene ring substituents is 1. The summed E-state index contributed by atoms with van der Waals surface area (Å²) in [5.41, 5.74) is 2.81. The topological polar surface area (TPSA) is 153 Å². The van der Waals surface area contributed by atoms with Gasteiger partial charge < -0.3 is 11.1 Å². The largest absolute Gasteiger partial charge is 0.369 e. The first-order valence-electron chi connectivity index (χ1n) is 11.8. The van der Waals surface area contributed by atoms with Crippen LogP contribution in [0.5, 0.6) is 0 Å². The van der Waals surface area contributed by atoms with Gasteiger partial charge in [-0.15, -0.1) is 0 Å². The van der Waals surface area contributed by atoms with Crippen LogP contribution < -0.4 is 11.1 Å². The maximum atomic E-state index is 13.8. The van der Waals surface area contributed by atoms with Gasteiger partial charge in [0.25, 0.3) is 15.7 Å². The first kappa shape index (κ1) is 23.2. The van der Waals surface area contributed by atoms with Gasteiger partial charge in [0, 0.05) is 18.7 Å². The highest BCUT2D eigenvalue weighted by atomic mass is 32.2. The van der Waals surface area contributed by atoms with Crippen LogP contribution in [0.15, 0.2) is 29.2 Å². The maximum absolute atomic E-state index is 13.8. The van der Waals surface area contributed by atoms with Crippen molar-refractivity contribution in [2.45, 2.75) is 73.8 Å². The zero-order chi connectivity index (χ0) is 24.5.